The molecular formula is C22H26F2O10S. The SMILES string of the molecule is O=C(COC12CC3CC(C1)C(OC(=O)C(F)(F)S(=O)(=O)O)C(C3)C2)OC1C2CC3C(=O)OC1C3C2. The number of carbonyl (C=O) groups is 3. The smallest absolute Gasteiger partial charge is 0.458 e. The van der Waals surface area contributed by atoms with Crippen molar-refractivity contribution in [1.29, 1.82) is 0 Å². The summed E-state index contributed by atoms with van der Waals surface area (Å²) in [5.74, 6) is -3.33. The van der Waals surface area contributed by atoms with Gasteiger partial charge in [0.1, 0.15) is 24.9 Å². The van der Waals surface area contributed by atoms with Gasteiger partial charge in [-0.05, 0) is 62.7 Å². The summed E-state index contributed by atoms with van der Waals surface area (Å²) in [6.07, 6.45) is 2.39. The summed E-state index contributed by atoms with van der Waals surface area (Å²) in [4.78, 5) is 36.4. The first-order chi connectivity index (χ1) is 16.4. The van der Waals surface area contributed by atoms with Crippen molar-refractivity contribution in [3.05, 3.63) is 0 Å². The van der Waals surface area contributed by atoms with E-state index in [1.807, 2.05) is 0 Å². The zero-order chi connectivity index (χ0) is 24.9. The maximum atomic E-state index is 13.7. The van der Waals surface area contributed by atoms with Crippen LogP contribution >= 0.6 is 0 Å². The van der Waals surface area contributed by atoms with E-state index in [1.165, 1.54) is 0 Å². The van der Waals surface area contributed by atoms with Gasteiger partial charge in [0.15, 0.2) is 0 Å². The van der Waals surface area contributed by atoms with Crippen LogP contribution in [0, 0.1) is 35.5 Å². The predicted molar refractivity (Wildman–Crippen MR) is 108 cm³/mol. The Morgan fingerprint density at radius 3 is 2.37 bits per heavy atom. The molecule has 13 heteroatoms. The highest BCUT2D eigenvalue weighted by atomic mass is 32.2. The van der Waals surface area contributed by atoms with Crippen LogP contribution in [0.3, 0.4) is 0 Å². The Bertz CT molecular complexity index is 1060. The first-order valence-corrected chi connectivity index (χ1v) is 13.4. The van der Waals surface area contributed by atoms with Gasteiger partial charge in [0.25, 0.3) is 0 Å². The maximum absolute atomic E-state index is 13.7. The van der Waals surface area contributed by atoms with Crippen molar-refractivity contribution in [3.63, 3.8) is 0 Å². The largest absolute Gasteiger partial charge is 0.465 e. The lowest BCUT2D eigenvalue weighted by atomic mass is 9.53. The first kappa shape index (κ1) is 23.5. The lowest BCUT2D eigenvalue weighted by Crippen LogP contribution is -2.60. The van der Waals surface area contributed by atoms with E-state index >= 15 is 0 Å². The number of carbonyl (C=O) groups excluding carboxylic acids is 3. The van der Waals surface area contributed by atoms with Gasteiger partial charge in [0.05, 0.1) is 11.5 Å². The van der Waals surface area contributed by atoms with Crippen LogP contribution in [0.25, 0.3) is 0 Å². The van der Waals surface area contributed by atoms with Gasteiger partial charge >= 0.3 is 33.3 Å². The van der Waals surface area contributed by atoms with Gasteiger partial charge in [-0.3, -0.25) is 9.35 Å². The molecule has 0 aromatic rings. The molecule has 7 unspecified atom stereocenters. The molecule has 7 fully saturated rings. The van der Waals surface area contributed by atoms with E-state index in [-0.39, 0.29) is 54.2 Å². The molecule has 6 saturated carbocycles. The van der Waals surface area contributed by atoms with E-state index in [9.17, 15) is 31.6 Å². The number of alkyl halides is 2. The zero-order valence-corrected chi connectivity index (χ0v) is 19.5. The Hall–Kier alpha value is -1.86. The molecule has 1 aliphatic heterocycles. The van der Waals surface area contributed by atoms with Crippen LogP contribution < -0.4 is 0 Å². The number of ether oxygens (including phenoxy) is 4. The second kappa shape index (κ2) is 7.58. The summed E-state index contributed by atoms with van der Waals surface area (Å²) in [7, 11) is -5.94. The van der Waals surface area contributed by atoms with Crippen LogP contribution in [0.2, 0.25) is 0 Å². The van der Waals surface area contributed by atoms with Crippen LogP contribution in [0.1, 0.15) is 44.9 Å². The average Bonchev–Trinajstić information content (AvgIpc) is 3.39. The van der Waals surface area contributed by atoms with E-state index in [0.29, 0.717) is 38.5 Å². The van der Waals surface area contributed by atoms with E-state index in [0.717, 1.165) is 6.42 Å². The molecule has 0 radical (unpaired) electrons. The molecule has 6 bridgehead atoms. The fourth-order valence-electron chi connectivity index (χ4n) is 8.03. The Morgan fingerprint density at radius 1 is 1.03 bits per heavy atom. The van der Waals surface area contributed by atoms with Crippen LogP contribution in [0.15, 0.2) is 0 Å². The number of esters is 3. The topological polar surface area (TPSA) is 142 Å². The fourth-order valence-corrected chi connectivity index (χ4v) is 8.29. The quantitative estimate of drug-likeness (QED) is 0.298. The Balaban J connectivity index is 1.07. The van der Waals surface area contributed by atoms with Crippen LogP contribution in [-0.2, 0) is 43.4 Å². The lowest BCUT2D eigenvalue weighted by molar-refractivity contribution is -0.223. The van der Waals surface area contributed by atoms with Crippen molar-refractivity contribution < 1.29 is 55.1 Å². The summed E-state index contributed by atoms with van der Waals surface area (Å²) in [6.45, 7) is -0.296. The molecule has 0 spiro atoms. The fraction of sp³-hybridized carbons (Fsp3) is 0.864. The van der Waals surface area contributed by atoms with Gasteiger partial charge in [-0.15, -0.1) is 0 Å². The van der Waals surface area contributed by atoms with Gasteiger partial charge in [0.2, 0.25) is 0 Å². The monoisotopic (exact) mass is 520 g/mol. The molecule has 0 amide bonds. The van der Waals surface area contributed by atoms with Gasteiger partial charge in [-0.2, -0.15) is 17.2 Å². The standard InChI is InChI=1S/C22H26F2O10S/c23-22(24,35(28,29)30)20(27)34-16-11-1-9-2-12(16)7-21(5-9,6-11)31-8-15(25)32-17-10-3-13-14(4-10)19(26)33-18(13)17/h9-14,16-18H,1-8H2,(H,28,29,30). The maximum Gasteiger partial charge on any atom is 0.465 e. The highest BCUT2D eigenvalue weighted by molar-refractivity contribution is 7.87. The molecule has 7 rings (SSSR count). The molecule has 7 aliphatic rings. The van der Waals surface area contributed by atoms with Gasteiger partial charge < -0.3 is 18.9 Å². The van der Waals surface area contributed by atoms with Crippen molar-refractivity contribution in [2.24, 2.45) is 35.5 Å². The average molecular weight is 521 g/mol. The summed E-state index contributed by atoms with van der Waals surface area (Å²) < 4.78 is 79.9. The molecule has 1 heterocycles. The Kier molecular flexibility index (Phi) is 5.09. The highest BCUT2D eigenvalue weighted by Crippen LogP contribution is 2.58. The Labute approximate surface area is 199 Å². The number of hydrogen-bond acceptors (Lipinski definition) is 9. The lowest BCUT2D eigenvalue weighted by Gasteiger charge is -2.58. The predicted octanol–water partition coefficient (Wildman–Crippen LogP) is 1.47. The summed E-state index contributed by atoms with van der Waals surface area (Å²) in [6, 6.07) is 0. The van der Waals surface area contributed by atoms with Crippen LogP contribution in [0.4, 0.5) is 8.78 Å². The summed E-state index contributed by atoms with van der Waals surface area (Å²) in [5.41, 5.74) is -0.677. The zero-order valence-electron chi connectivity index (χ0n) is 18.6. The normalized spacial score (nSPS) is 45.0. The third-order valence-corrected chi connectivity index (χ3v) is 9.93. The van der Waals surface area contributed by atoms with Crippen molar-refractivity contribution in [2.75, 3.05) is 6.61 Å². The molecule has 7 atom stereocenters. The van der Waals surface area contributed by atoms with Gasteiger partial charge in [0, 0.05) is 11.8 Å². The van der Waals surface area contributed by atoms with Crippen molar-refractivity contribution in [2.45, 2.75) is 74.1 Å². The van der Waals surface area contributed by atoms with Crippen LogP contribution in [-0.4, -0.2) is 66.7 Å². The number of halogens is 2. The summed E-state index contributed by atoms with van der Waals surface area (Å²) in [5, 5.41) is -5.03. The van der Waals surface area contributed by atoms with Crippen molar-refractivity contribution >= 4 is 28.0 Å². The van der Waals surface area contributed by atoms with Gasteiger partial charge in [-0.1, -0.05) is 0 Å². The minimum atomic E-state index is -5.94. The molecule has 1 saturated heterocycles. The van der Waals surface area contributed by atoms with Crippen molar-refractivity contribution in [1.82, 2.24) is 0 Å². The molecule has 0 aromatic carbocycles. The molecule has 0 aromatic heterocycles. The van der Waals surface area contributed by atoms with E-state index < -0.39 is 45.1 Å². The van der Waals surface area contributed by atoms with Gasteiger partial charge in [-0.25, -0.2) is 9.59 Å². The number of hydrogen-bond donors (Lipinski definition) is 1. The third kappa shape index (κ3) is 3.59. The van der Waals surface area contributed by atoms with Crippen molar-refractivity contribution in [3.8, 4) is 0 Å². The van der Waals surface area contributed by atoms with Crippen LogP contribution in [0.5, 0.6) is 0 Å². The molecule has 194 valence electrons. The molecule has 1 N–H and O–H groups in total. The molecule has 6 aliphatic carbocycles. The second-order valence-electron chi connectivity index (χ2n) is 11.2. The van der Waals surface area contributed by atoms with E-state index in [4.69, 9.17) is 23.5 Å². The third-order valence-electron chi connectivity index (χ3n) is 9.11. The van der Waals surface area contributed by atoms with E-state index in [1.54, 1.807) is 0 Å². The second-order valence-corrected chi connectivity index (χ2v) is 12.6. The number of fused-ring (bicyclic) bond motifs is 1. The molecule has 10 nitrogen and oxygen atoms in total. The van der Waals surface area contributed by atoms with E-state index in [2.05, 4.69) is 0 Å². The highest BCUT2D eigenvalue weighted by Gasteiger charge is 2.64. The Morgan fingerprint density at radius 2 is 1.71 bits per heavy atom. The summed E-state index contributed by atoms with van der Waals surface area (Å²) >= 11 is 0. The molecular weight excluding hydrogens is 494 g/mol. The first-order valence-electron chi connectivity index (χ1n) is 12.0. The number of rotatable bonds is 7. The minimum Gasteiger partial charge on any atom is -0.458 e. The molecule has 35 heavy (non-hydrogen) atoms. The minimum absolute atomic E-state index is 0.0808.